The largest absolute Gasteiger partial charge is 0.342 e. The summed E-state index contributed by atoms with van der Waals surface area (Å²) in [5.41, 5.74) is -0.733. The number of carbonyl (C=O) groups is 2. The molecule has 0 aromatic heterocycles. The fraction of sp³-hybridized carbons (Fsp3) is 0.636. The number of allylic oxidation sites excluding steroid dienone is 1. The van der Waals surface area contributed by atoms with E-state index in [1.165, 1.54) is 6.08 Å². The highest BCUT2D eigenvalue weighted by atomic mass is 16.2. The molecule has 0 radical (unpaired) electrons. The molecule has 0 saturated carbocycles. The molecule has 0 aromatic carbocycles. The van der Waals surface area contributed by atoms with Crippen LogP contribution in [0, 0.1) is 0 Å². The molecule has 1 aliphatic rings. The van der Waals surface area contributed by atoms with Crippen molar-refractivity contribution in [2.75, 3.05) is 20.1 Å². The Morgan fingerprint density at radius 3 is 2.53 bits per heavy atom. The molecule has 0 aliphatic carbocycles. The second-order valence-corrected chi connectivity index (χ2v) is 4.28. The molecular formula is C11H18N2O2. The molecule has 15 heavy (non-hydrogen) atoms. The third kappa shape index (κ3) is 2.03. The lowest BCUT2D eigenvalue weighted by molar-refractivity contribution is -0.154. The van der Waals surface area contributed by atoms with Gasteiger partial charge in [0.25, 0.3) is 0 Å². The fourth-order valence-corrected chi connectivity index (χ4v) is 1.83. The van der Waals surface area contributed by atoms with Gasteiger partial charge in [-0.1, -0.05) is 6.08 Å². The molecule has 1 saturated heterocycles. The molecule has 1 rings (SSSR count). The van der Waals surface area contributed by atoms with Crippen molar-refractivity contribution in [3.8, 4) is 0 Å². The maximum atomic E-state index is 11.9. The molecule has 2 amide bonds. The third-order valence-corrected chi connectivity index (χ3v) is 2.78. The average molecular weight is 210 g/mol. The van der Waals surface area contributed by atoms with Gasteiger partial charge in [0, 0.05) is 20.1 Å². The van der Waals surface area contributed by atoms with Crippen molar-refractivity contribution in [1.29, 1.82) is 0 Å². The minimum Gasteiger partial charge on any atom is -0.342 e. The molecule has 0 aromatic rings. The van der Waals surface area contributed by atoms with Crippen LogP contribution in [-0.2, 0) is 9.59 Å². The molecule has 0 atom stereocenters. The zero-order valence-corrected chi connectivity index (χ0v) is 9.78. The van der Waals surface area contributed by atoms with Crippen molar-refractivity contribution in [3.63, 3.8) is 0 Å². The van der Waals surface area contributed by atoms with Gasteiger partial charge < -0.3 is 9.80 Å². The molecule has 0 spiro atoms. The molecule has 0 unspecified atom stereocenters. The van der Waals surface area contributed by atoms with E-state index < -0.39 is 5.54 Å². The van der Waals surface area contributed by atoms with Crippen molar-refractivity contribution >= 4 is 11.8 Å². The first-order valence-corrected chi connectivity index (χ1v) is 5.11. The van der Waals surface area contributed by atoms with E-state index in [9.17, 15) is 9.59 Å². The van der Waals surface area contributed by atoms with Gasteiger partial charge in [0.05, 0.1) is 0 Å². The van der Waals surface area contributed by atoms with E-state index in [1.807, 2.05) is 0 Å². The number of rotatable bonds is 1. The molecule has 1 fully saturated rings. The van der Waals surface area contributed by atoms with E-state index in [0.29, 0.717) is 13.1 Å². The molecule has 4 nitrogen and oxygen atoms in total. The summed E-state index contributed by atoms with van der Waals surface area (Å²) >= 11 is 0. The first-order chi connectivity index (χ1) is 6.91. The number of nitrogens with zero attached hydrogens (tertiary/aromatic N) is 2. The van der Waals surface area contributed by atoms with Gasteiger partial charge in [-0.2, -0.15) is 0 Å². The predicted octanol–water partition coefficient (Wildman–Crippen LogP) is 0.642. The second kappa shape index (κ2) is 4.04. The van der Waals surface area contributed by atoms with Gasteiger partial charge in [-0.15, -0.1) is 0 Å². The van der Waals surface area contributed by atoms with Crippen LogP contribution in [0.5, 0.6) is 0 Å². The van der Waals surface area contributed by atoms with Crippen LogP contribution in [-0.4, -0.2) is 47.3 Å². The predicted molar refractivity (Wildman–Crippen MR) is 58.2 cm³/mol. The van der Waals surface area contributed by atoms with Crippen LogP contribution >= 0.6 is 0 Å². The van der Waals surface area contributed by atoms with Crippen molar-refractivity contribution in [3.05, 3.63) is 12.2 Å². The molecule has 1 heterocycles. The van der Waals surface area contributed by atoms with E-state index >= 15 is 0 Å². The molecule has 1 aliphatic heterocycles. The number of hydrogen-bond donors (Lipinski definition) is 0. The maximum Gasteiger partial charge on any atom is 0.247 e. The van der Waals surface area contributed by atoms with Crippen molar-refractivity contribution in [1.82, 2.24) is 9.80 Å². The summed E-state index contributed by atoms with van der Waals surface area (Å²) in [5.74, 6) is -0.101. The van der Waals surface area contributed by atoms with Gasteiger partial charge >= 0.3 is 0 Å². The minimum atomic E-state index is -0.733. The Bertz CT molecular complexity index is 308. The van der Waals surface area contributed by atoms with Gasteiger partial charge in [0.15, 0.2) is 0 Å². The highest BCUT2D eigenvalue weighted by Gasteiger charge is 2.42. The smallest absolute Gasteiger partial charge is 0.247 e. The van der Waals surface area contributed by atoms with Crippen molar-refractivity contribution in [2.45, 2.75) is 26.3 Å². The first-order valence-electron chi connectivity index (χ1n) is 5.11. The number of piperazine rings is 1. The van der Waals surface area contributed by atoms with Crippen molar-refractivity contribution < 1.29 is 9.59 Å². The van der Waals surface area contributed by atoms with E-state index in [1.54, 1.807) is 43.7 Å². The Morgan fingerprint density at radius 1 is 1.40 bits per heavy atom. The highest BCUT2D eigenvalue weighted by Crippen LogP contribution is 2.21. The lowest BCUT2D eigenvalue weighted by Crippen LogP contribution is -2.63. The summed E-state index contributed by atoms with van der Waals surface area (Å²) in [5, 5.41) is 0. The number of carbonyl (C=O) groups excluding carboxylic acids is 2. The number of likely N-dealkylation sites (N-methyl/N-ethyl adjacent to an activating group) is 1. The lowest BCUT2D eigenvalue weighted by atomic mass is 9.97. The van der Waals surface area contributed by atoms with Gasteiger partial charge in [-0.3, -0.25) is 9.59 Å². The quantitative estimate of drug-likeness (QED) is 0.596. The van der Waals surface area contributed by atoms with Crippen LogP contribution in [0.15, 0.2) is 12.2 Å². The van der Waals surface area contributed by atoms with Crippen molar-refractivity contribution in [2.24, 2.45) is 0 Å². The van der Waals surface area contributed by atoms with Crippen LogP contribution < -0.4 is 0 Å². The summed E-state index contributed by atoms with van der Waals surface area (Å²) in [6.45, 7) is 6.56. The molecule has 0 N–H and O–H groups in total. The van der Waals surface area contributed by atoms with Crippen LogP contribution in [0.4, 0.5) is 0 Å². The fourth-order valence-electron chi connectivity index (χ4n) is 1.83. The molecule has 84 valence electrons. The lowest BCUT2D eigenvalue weighted by Gasteiger charge is -2.44. The zero-order valence-electron chi connectivity index (χ0n) is 9.78. The molecular weight excluding hydrogens is 192 g/mol. The van der Waals surface area contributed by atoms with E-state index in [0.717, 1.165) is 0 Å². The number of hydrogen-bond acceptors (Lipinski definition) is 2. The Balaban J connectivity index is 2.92. The standard InChI is InChI=1S/C11H18N2O2/c1-5-6-9(14)13-8-7-12(4)10(15)11(13,2)3/h5-6H,7-8H2,1-4H3. The van der Waals surface area contributed by atoms with Gasteiger partial charge in [-0.25, -0.2) is 0 Å². The van der Waals surface area contributed by atoms with Crippen LogP contribution in [0.3, 0.4) is 0 Å². The monoisotopic (exact) mass is 210 g/mol. The maximum absolute atomic E-state index is 11.9. The van der Waals surface area contributed by atoms with Gasteiger partial charge in [-0.05, 0) is 26.8 Å². The first kappa shape index (κ1) is 11.8. The van der Waals surface area contributed by atoms with Crippen LogP contribution in [0.25, 0.3) is 0 Å². The van der Waals surface area contributed by atoms with Crippen LogP contribution in [0.1, 0.15) is 20.8 Å². The normalized spacial score (nSPS) is 21.2. The summed E-state index contributed by atoms with van der Waals surface area (Å²) in [7, 11) is 1.77. The highest BCUT2D eigenvalue weighted by molar-refractivity contribution is 5.95. The second-order valence-electron chi connectivity index (χ2n) is 4.28. The van der Waals surface area contributed by atoms with Crippen LogP contribution in [0.2, 0.25) is 0 Å². The van der Waals surface area contributed by atoms with Gasteiger partial charge in [0.2, 0.25) is 11.8 Å². The summed E-state index contributed by atoms with van der Waals surface area (Å²) in [6, 6.07) is 0. The topological polar surface area (TPSA) is 40.6 Å². The third-order valence-electron chi connectivity index (χ3n) is 2.78. The van der Waals surface area contributed by atoms with E-state index in [-0.39, 0.29) is 11.8 Å². The minimum absolute atomic E-state index is 0.00777. The van der Waals surface area contributed by atoms with E-state index in [4.69, 9.17) is 0 Å². The Hall–Kier alpha value is -1.32. The number of amides is 2. The average Bonchev–Trinajstić information content (AvgIpc) is 2.14. The zero-order chi connectivity index (χ0) is 11.6. The Labute approximate surface area is 90.5 Å². The Morgan fingerprint density at radius 2 is 2.00 bits per heavy atom. The summed E-state index contributed by atoms with van der Waals surface area (Å²) < 4.78 is 0. The molecule has 4 heteroatoms. The summed E-state index contributed by atoms with van der Waals surface area (Å²) in [6.07, 6.45) is 3.20. The van der Waals surface area contributed by atoms with E-state index in [2.05, 4.69) is 0 Å². The Kier molecular flexibility index (Phi) is 3.17. The summed E-state index contributed by atoms with van der Waals surface area (Å²) in [4.78, 5) is 26.9. The van der Waals surface area contributed by atoms with Gasteiger partial charge in [0.1, 0.15) is 5.54 Å². The molecule has 0 bridgehead atoms. The SMILES string of the molecule is CC=CC(=O)N1CCN(C)C(=O)C1(C)C.